The number of aromatic hydroxyl groups is 1. The van der Waals surface area contributed by atoms with E-state index in [4.69, 9.17) is 17.2 Å². The van der Waals surface area contributed by atoms with Gasteiger partial charge in [0.15, 0.2) is 17.0 Å². The van der Waals surface area contributed by atoms with Gasteiger partial charge in [-0.3, -0.25) is 19.3 Å². The monoisotopic (exact) mass is 497 g/mol. The number of rotatable bonds is 3. The van der Waals surface area contributed by atoms with Gasteiger partial charge < -0.3 is 37.6 Å². The summed E-state index contributed by atoms with van der Waals surface area (Å²) in [4.78, 5) is 52.6. The first-order valence-corrected chi connectivity index (χ1v) is 10.6. The summed E-state index contributed by atoms with van der Waals surface area (Å²) in [5.74, 6) is -7.86. The number of carboxylic acid groups (broad SMARTS) is 1. The van der Waals surface area contributed by atoms with Crippen molar-refractivity contribution in [2.75, 3.05) is 14.1 Å². The summed E-state index contributed by atoms with van der Waals surface area (Å²) >= 11 is 0. The Labute approximate surface area is 203 Å². The highest BCUT2D eigenvalue weighted by Crippen LogP contribution is 2.58. The number of hydrogen-bond acceptors (Lipinski definition) is 11. The second-order valence-electron chi connectivity index (χ2n) is 9.57. The number of nitrogens with zero attached hydrogens (tertiary/aromatic N) is 2. The molecule has 3 aliphatic rings. The number of amides is 1. The van der Waals surface area contributed by atoms with Gasteiger partial charge in [0.2, 0.25) is 0 Å². The summed E-state index contributed by atoms with van der Waals surface area (Å²) < 4.78 is 0. The fraction of sp³-hybridized carbons (Fsp3) is 0.348. The van der Waals surface area contributed by atoms with Crippen LogP contribution in [0.1, 0.15) is 27.9 Å². The van der Waals surface area contributed by atoms with Crippen LogP contribution in [0.25, 0.3) is 5.76 Å². The summed E-state index contributed by atoms with van der Waals surface area (Å²) in [7, 11) is 2.79. The van der Waals surface area contributed by atoms with E-state index in [1.165, 1.54) is 19.0 Å². The van der Waals surface area contributed by atoms with E-state index in [1.54, 1.807) is 6.07 Å². The number of nitriles is 1. The van der Waals surface area contributed by atoms with E-state index < -0.39 is 87.2 Å². The quantitative estimate of drug-likeness (QED) is 0.238. The third kappa shape index (κ3) is 2.68. The first-order valence-electron chi connectivity index (χ1n) is 10.6. The number of Topliss-reactive ketones (excluding diaryl/α,β-unsaturated/α-hetero) is 2. The molecule has 4 atom stereocenters. The number of aromatic carboxylic acids is 1. The number of benzene rings is 1. The molecule has 10 N–H and O–H groups in total. The van der Waals surface area contributed by atoms with Gasteiger partial charge in [0.25, 0.3) is 5.91 Å². The highest BCUT2D eigenvalue weighted by atomic mass is 16.4. The predicted molar refractivity (Wildman–Crippen MR) is 121 cm³/mol. The lowest BCUT2D eigenvalue weighted by molar-refractivity contribution is -0.139. The molecule has 0 aromatic heterocycles. The van der Waals surface area contributed by atoms with Crippen LogP contribution in [0.2, 0.25) is 0 Å². The zero-order valence-electron chi connectivity index (χ0n) is 19.2. The van der Waals surface area contributed by atoms with Crippen LogP contribution < -0.4 is 17.2 Å². The Morgan fingerprint density at radius 2 is 1.78 bits per heavy atom. The number of primary amides is 1. The number of nitrogens with two attached hydrogens (primary N) is 3. The highest BCUT2D eigenvalue weighted by molar-refractivity contribution is 6.25. The van der Waals surface area contributed by atoms with Crippen LogP contribution in [0.5, 0.6) is 5.75 Å². The Morgan fingerprint density at radius 1 is 1.17 bits per heavy atom. The molecule has 0 heterocycles. The van der Waals surface area contributed by atoms with Gasteiger partial charge in [0, 0.05) is 0 Å². The molecular weight excluding hydrogens is 474 g/mol. The van der Waals surface area contributed by atoms with Gasteiger partial charge in [0.1, 0.15) is 22.8 Å². The summed E-state index contributed by atoms with van der Waals surface area (Å²) in [6.07, 6.45) is -1.01. The van der Waals surface area contributed by atoms with Crippen molar-refractivity contribution in [3.8, 4) is 11.8 Å². The molecule has 0 bridgehead atoms. The Bertz CT molecular complexity index is 1410. The van der Waals surface area contributed by atoms with Gasteiger partial charge in [0.05, 0.1) is 39.9 Å². The van der Waals surface area contributed by atoms with Crippen LogP contribution in [0.15, 0.2) is 29.0 Å². The SMILES string of the molecule is CN(C)[C@@H]1C(=O)C(C(N)=O)=C(O)[C@@]2(C#N)C(=O)C3=C(O)c4c(O)ccc(C(=O)O)c4C[C@@]3(N)C[C@@]12N. The van der Waals surface area contributed by atoms with Crippen molar-refractivity contribution >= 4 is 29.2 Å². The fourth-order valence-electron chi connectivity index (χ4n) is 6.03. The number of hydrogen-bond donors (Lipinski definition) is 7. The number of carbonyl (C=O) groups is 4. The van der Waals surface area contributed by atoms with Gasteiger partial charge in [-0.2, -0.15) is 5.26 Å². The number of likely N-dealkylation sites (N-methyl/N-ethyl adjacent to an activating group) is 1. The minimum Gasteiger partial charge on any atom is -0.509 e. The molecule has 13 nitrogen and oxygen atoms in total. The van der Waals surface area contributed by atoms with E-state index >= 15 is 0 Å². The molecule has 1 aromatic rings. The Morgan fingerprint density at radius 3 is 2.28 bits per heavy atom. The Hall–Kier alpha value is -4.25. The van der Waals surface area contributed by atoms with Crippen molar-refractivity contribution in [3.05, 3.63) is 45.7 Å². The molecule has 0 radical (unpaired) electrons. The van der Waals surface area contributed by atoms with Crippen molar-refractivity contribution in [2.24, 2.45) is 22.6 Å². The average Bonchev–Trinajstić information content (AvgIpc) is 2.72. The van der Waals surface area contributed by atoms with Gasteiger partial charge in [-0.25, -0.2) is 4.79 Å². The van der Waals surface area contributed by atoms with Crippen molar-refractivity contribution in [2.45, 2.75) is 30.0 Å². The van der Waals surface area contributed by atoms with E-state index in [0.29, 0.717) is 0 Å². The molecule has 13 heteroatoms. The maximum Gasteiger partial charge on any atom is 0.335 e. The molecule has 1 amide bonds. The van der Waals surface area contributed by atoms with E-state index in [0.717, 1.165) is 12.1 Å². The van der Waals surface area contributed by atoms with E-state index in [9.17, 15) is 44.9 Å². The largest absolute Gasteiger partial charge is 0.509 e. The number of phenolic OH excluding ortho intramolecular Hbond substituents is 1. The van der Waals surface area contributed by atoms with Gasteiger partial charge in [-0.1, -0.05) is 0 Å². The molecule has 1 fully saturated rings. The number of aliphatic hydroxyl groups is 2. The lowest BCUT2D eigenvalue weighted by atomic mass is 9.47. The Kier molecular flexibility index (Phi) is 5.09. The van der Waals surface area contributed by atoms with Crippen LogP contribution in [-0.4, -0.2) is 80.0 Å². The molecular formula is C23H23N5O8. The molecule has 0 unspecified atom stereocenters. The molecule has 4 rings (SSSR count). The minimum atomic E-state index is -2.77. The summed E-state index contributed by atoms with van der Waals surface area (Å²) in [5, 5.41) is 52.6. The second kappa shape index (κ2) is 7.37. The van der Waals surface area contributed by atoms with Crippen LogP contribution in [-0.2, 0) is 20.8 Å². The van der Waals surface area contributed by atoms with Crippen molar-refractivity contribution in [1.82, 2.24) is 4.90 Å². The molecule has 0 saturated heterocycles. The molecule has 0 aliphatic heterocycles. The number of carboxylic acids is 1. The lowest BCUT2D eigenvalue weighted by Gasteiger charge is -2.58. The maximum atomic E-state index is 14.1. The van der Waals surface area contributed by atoms with Crippen molar-refractivity contribution < 1.29 is 39.6 Å². The zero-order chi connectivity index (χ0) is 27.1. The number of fused-ring (bicyclic) bond motifs is 3. The molecule has 36 heavy (non-hydrogen) atoms. The van der Waals surface area contributed by atoms with Gasteiger partial charge in [-0.05, 0) is 44.6 Å². The fourth-order valence-corrected chi connectivity index (χ4v) is 6.03. The van der Waals surface area contributed by atoms with Gasteiger partial charge in [-0.15, -0.1) is 0 Å². The summed E-state index contributed by atoms with van der Waals surface area (Å²) in [5.41, 5.74) is 9.26. The van der Waals surface area contributed by atoms with Crippen LogP contribution in [0, 0.1) is 16.7 Å². The number of carbonyl (C=O) groups excluding carboxylic acids is 3. The zero-order valence-corrected chi connectivity index (χ0v) is 19.2. The summed E-state index contributed by atoms with van der Waals surface area (Å²) in [6.45, 7) is 0. The van der Waals surface area contributed by atoms with E-state index in [1.807, 2.05) is 0 Å². The molecule has 188 valence electrons. The third-order valence-corrected chi connectivity index (χ3v) is 7.36. The topological polar surface area (TPSA) is 254 Å². The second-order valence-corrected chi connectivity index (χ2v) is 9.57. The predicted octanol–water partition coefficient (Wildman–Crippen LogP) is -1.40. The van der Waals surface area contributed by atoms with Crippen LogP contribution >= 0.6 is 0 Å². The molecule has 1 aromatic carbocycles. The van der Waals surface area contributed by atoms with E-state index in [-0.39, 0.29) is 16.7 Å². The lowest BCUT2D eigenvalue weighted by Crippen LogP contribution is -2.80. The maximum absolute atomic E-state index is 14.1. The smallest absolute Gasteiger partial charge is 0.335 e. The van der Waals surface area contributed by atoms with Gasteiger partial charge >= 0.3 is 5.97 Å². The average molecular weight is 497 g/mol. The molecule has 3 aliphatic carbocycles. The van der Waals surface area contributed by atoms with Crippen LogP contribution in [0.4, 0.5) is 0 Å². The van der Waals surface area contributed by atoms with Crippen molar-refractivity contribution in [1.29, 1.82) is 5.26 Å². The number of ketones is 2. The van der Waals surface area contributed by atoms with Crippen LogP contribution in [0.3, 0.4) is 0 Å². The highest BCUT2D eigenvalue weighted by Gasteiger charge is 2.74. The normalized spacial score (nSPS) is 31.5. The summed E-state index contributed by atoms with van der Waals surface area (Å²) in [6, 6.07) is 2.22. The number of phenols is 1. The van der Waals surface area contributed by atoms with E-state index in [2.05, 4.69) is 0 Å². The first kappa shape index (κ1) is 24.9. The third-order valence-electron chi connectivity index (χ3n) is 7.36. The Balaban J connectivity index is 2.16. The minimum absolute atomic E-state index is 0.0896. The number of aliphatic hydroxyl groups excluding tert-OH is 2. The first-order chi connectivity index (χ1) is 16.6. The molecule has 0 spiro atoms. The van der Waals surface area contributed by atoms with Crippen molar-refractivity contribution in [3.63, 3.8) is 0 Å². The molecule has 1 saturated carbocycles. The standard InChI is InChI=1S/C23H23N5O8/c1-28(2)16-15(31)12(19(25)34)17(32)22(7-24)18(33)13-14(30)11-9(5-21(13,26)6-23(16,22)27)8(20(35)36)3-4-10(11)29/h3-4,16,29-30,32H,5-6,26-27H2,1-2H3,(H2,25,34)(H,35,36)/t16-,21-,22+,23-/m1/s1.